The van der Waals surface area contributed by atoms with Gasteiger partial charge in [-0.3, -0.25) is 14.8 Å². The number of carbonyl (C=O) groups is 1. The molecule has 28 heavy (non-hydrogen) atoms. The smallest absolute Gasteiger partial charge is 0.253 e. The van der Waals surface area contributed by atoms with Gasteiger partial charge in [0.2, 0.25) is 0 Å². The van der Waals surface area contributed by atoms with E-state index in [-0.39, 0.29) is 5.91 Å². The number of rotatable bonds is 8. The van der Waals surface area contributed by atoms with Gasteiger partial charge in [-0.25, -0.2) is 0 Å². The predicted octanol–water partition coefficient (Wildman–Crippen LogP) is 4.00. The average molecular weight is 375 g/mol. The highest BCUT2D eigenvalue weighted by Gasteiger charge is 2.08. The quantitative estimate of drug-likeness (QED) is 0.623. The molecule has 0 spiro atoms. The van der Waals surface area contributed by atoms with E-state index >= 15 is 0 Å². The molecule has 0 aliphatic rings. The summed E-state index contributed by atoms with van der Waals surface area (Å²) in [5.74, 6) is -0.170. The summed E-state index contributed by atoms with van der Waals surface area (Å²) in [4.78, 5) is 22.9. The highest BCUT2D eigenvalue weighted by molar-refractivity contribution is 5.94. The maximum absolute atomic E-state index is 12.4. The lowest BCUT2D eigenvalue weighted by Crippen LogP contribution is -2.23. The maximum atomic E-state index is 12.4. The molecule has 0 saturated heterocycles. The van der Waals surface area contributed by atoms with Gasteiger partial charge in [0.15, 0.2) is 0 Å². The van der Waals surface area contributed by atoms with Crippen molar-refractivity contribution in [2.24, 2.45) is 0 Å². The molecule has 0 aliphatic heterocycles. The standard InChI is InChI=1S/C22H25N5O/c1-3-27(4-2)21-9-7-19(8-10-21)26-20-12-18(15-24-16-20)22(28)25-14-17-6-5-11-23-13-17/h5-13,15-16,26H,3-4,14H2,1-2H3,(H,25,28). The number of hydrogen-bond acceptors (Lipinski definition) is 5. The monoisotopic (exact) mass is 375 g/mol. The Morgan fingerprint density at radius 3 is 2.43 bits per heavy atom. The van der Waals surface area contributed by atoms with Crippen molar-refractivity contribution >= 4 is 23.0 Å². The van der Waals surface area contributed by atoms with E-state index < -0.39 is 0 Å². The summed E-state index contributed by atoms with van der Waals surface area (Å²) in [7, 11) is 0. The van der Waals surface area contributed by atoms with Crippen LogP contribution in [0.3, 0.4) is 0 Å². The molecule has 3 rings (SSSR count). The third-order valence-electron chi connectivity index (χ3n) is 4.46. The van der Waals surface area contributed by atoms with E-state index in [1.54, 1.807) is 30.9 Å². The summed E-state index contributed by atoms with van der Waals surface area (Å²) < 4.78 is 0. The molecule has 6 nitrogen and oxygen atoms in total. The largest absolute Gasteiger partial charge is 0.372 e. The molecule has 144 valence electrons. The van der Waals surface area contributed by atoms with Gasteiger partial charge < -0.3 is 15.5 Å². The van der Waals surface area contributed by atoms with Gasteiger partial charge in [0, 0.05) is 49.6 Å². The molecule has 0 aliphatic carbocycles. The van der Waals surface area contributed by atoms with Crippen molar-refractivity contribution in [2.45, 2.75) is 20.4 Å². The third kappa shape index (κ3) is 5.07. The van der Waals surface area contributed by atoms with E-state index in [0.717, 1.165) is 30.0 Å². The molecule has 0 saturated carbocycles. The summed E-state index contributed by atoms with van der Waals surface area (Å²) in [5, 5.41) is 6.19. The minimum Gasteiger partial charge on any atom is -0.372 e. The molecule has 2 N–H and O–H groups in total. The van der Waals surface area contributed by atoms with E-state index in [2.05, 4.69) is 51.5 Å². The number of nitrogens with one attached hydrogen (secondary N) is 2. The highest BCUT2D eigenvalue weighted by Crippen LogP contribution is 2.21. The molecule has 2 aromatic heterocycles. The van der Waals surface area contributed by atoms with Crippen molar-refractivity contribution < 1.29 is 4.79 Å². The van der Waals surface area contributed by atoms with Crippen LogP contribution in [0.2, 0.25) is 0 Å². The Morgan fingerprint density at radius 1 is 0.964 bits per heavy atom. The van der Waals surface area contributed by atoms with Crippen LogP contribution in [0.4, 0.5) is 17.1 Å². The second-order valence-electron chi connectivity index (χ2n) is 6.35. The zero-order chi connectivity index (χ0) is 19.8. The van der Waals surface area contributed by atoms with E-state index in [1.165, 1.54) is 5.69 Å². The van der Waals surface area contributed by atoms with Crippen LogP contribution in [0.1, 0.15) is 29.8 Å². The lowest BCUT2D eigenvalue weighted by molar-refractivity contribution is 0.0950. The van der Waals surface area contributed by atoms with Gasteiger partial charge in [0.05, 0.1) is 17.4 Å². The summed E-state index contributed by atoms with van der Waals surface area (Å²) in [6, 6.07) is 13.8. The molecule has 0 fully saturated rings. The number of benzene rings is 1. The SMILES string of the molecule is CCN(CC)c1ccc(Nc2cncc(C(=O)NCc3cccnc3)c2)cc1. The number of anilines is 3. The molecular weight excluding hydrogens is 350 g/mol. The Kier molecular flexibility index (Phi) is 6.57. The number of nitrogens with zero attached hydrogens (tertiary/aromatic N) is 3. The van der Waals surface area contributed by atoms with Crippen LogP contribution in [-0.4, -0.2) is 29.0 Å². The fourth-order valence-corrected chi connectivity index (χ4v) is 2.93. The normalized spacial score (nSPS) is 10.4. The first-order valence-electron chi connectivity index (χ1n) is 9.43. The number of amides is 1. The number of pyridine rings is 2. The summed E-state index contributed by atoms with van der Waals surface area (Å²) in [6.45, 7) is 6.67. The number of hydrogen-bond donors (Lipinski definition) is 2. The van der Waals surface area contributed by atoms with Gasteiger partial charge in [-0.1, -0.05) is 6.07 Å². The summed E-state index contributed by atoms with van der Waals surface area (Å²) in [5.41, 5.74) is 4.37. The van der Waals surface area contributed by atoms with Crippen molar-refractivity contribution in [2.75, 3.05) is 23.3 Å². The van der Waals surface area contributed by atoms with Gasteiger partial charge in [0.25, 0.3) is 5.91 Å². The minimum absolute atomic E-state index is 0.170. The second-order valence-corrected chi connectivity index (χ2v) is 6.35. The lowest BCUT2D eigenvalue weighted by atomic mass is 10.2. The van der Waals surface area contributed by atoms with Gasteiger partial charge >= 0.3 is 0 Å². The van der Waals surface area contributed by atoms with Gasteiger partial charge in [0.1, 0.15) is 0 Å². The molecule has 2 heterocycles. The third-order valence-corrected chi connectivity index (χ3v) is 4.46. The van der Waals surface area contributed by atoms with Crippen LogP contribution in [0.25, 0.3) is 0 Å². The zero-order valence-electron chi connectivity index (χ0n) is 16.2. The molecule has 0 radical (unpaired) electrons. The molecular formula is C22H25N5O. The van der Waals surface area contributed by atoms with Crippen LogP contribution in [0.5, 0.6) is 0 Å². The molecule has 0 unspecified atom stereocenters. The average Bonchev–Trinajstić information content (AvgIpc) is 2.75. The molecule has 6 heteroatoms. The molecule has 1 aromatic carbocycles. The van der Waals surface area contributed by atoms with E-state index in [0.29, 0.717) is 12.1 Å². The first-order chi connectivity index (χ1) is 13.7. The van der Waals surface area contributed by atoms with Crippen LogP contribution in [0, 0.1) is 0 Å². The summed E-state index contributed by atoms with van der Waals surface area (Å²) >= 11 is 0. The fourth-order valence-electron chi connectivity index (χ4n) is 2.93. The number of carbonyl (C=O) groups excluding carboxylic acids is 1. The molecule has 0 atom stereocenters. The fraction of sp³-hybridized carbons (Fsp3) is 0.227. The van der Waals surface area contributed by atoms with Crippen molar-refractivity contribution in [3.63, 3.8) is 0 Å². The van der Waals surface area contributed by atoms with Crippen LogP contribution in [-0.2, 0) is 6.54 Å². The second kappa shape index (κ2) is 9.50. The lowest BCUT2D eigenvalue weighted by Gasteiger charge is -2.21. The summed E-state index contributed by atoms with van der Waals surface area (Å²) in [6.07, 6.45) is 6.71. The minimum atomic E-state index is -0.170. The van der Waals surface area contributed by atoms with Crippen molar-refractivity contribution in [3.8, 4) is 0 Å². The zero-order valence-corrected chi connectivity index (χ0v) is 16.2. The van der Waals surface area contributed by atoms with E-state index in [1.807, 2.05) is 24.3 Å². The predicted molar refractivity (Wildman–Crippen MR) is 113 cm³/mol. The Morgan fingerprint density at radius 2 is 1.75 bits per heavy atom. The first-order valence-corrected chi connectivity index (χ1v) is 9.43. The van der Waals surface area contributed by atoms with E-state index in [9.17, 15) is 4.79 Å². The molecule has 0 bridgehead atoms. The van der Waals surface area contributed by atoms with Crippen molar-refractivity contribution in [1.82, 2.24) is 15.3 Å². The Bertz CT molecular complexity index is 892. The molecule has 3 aromatic rings. The van der Waals surface area contributed by atoms with Gasteiger partial charge in [-0.15, -0.1) is 0 Å². The van der Waals surface area contributed by atoms with Crippen LogP contribution < -0.4 is 15.5 Å². The number of aromatic nitrogens is 2. The first kappa shape index (κ1) is 19.4. The Hall–Kier alpha value is -3.41. The van der Waals surface area contributed by atoms with Gasteiger partial charge in [-0.05, 0) is 55.8 Å². The van der Waals surface area contributed by atoms with E-state index in [4.69, 9.17) is 0 Å². The van der Waals surface area contributed by atoms with Crippen molar-refractivity contribution in [1.29, 1.82) is 0 Å². The van der Waals surface area contributed by atoms with Crippen molar-refractivity contribution in [3.05, 3.63) is 78.4 Å². The Labute approximate surface area is 165 Å². The highest BCUT2D eigenvalue weighted by atomic mass is 16.1. The Balaban J connectivity index is 1.63. The van der Waals surface area contributed by atoms with Gasteiger partial charge in [-0.2, -0.15) is 0 Å². The topological polar surface area (TPSA) is 70.2 Å². The van der Waals surface area contributed by atoms with Crippen LogP contribution in [0.15, 0.2) is 67.3 Å². The maximum Gasteiger partial charge on any atom is 0.253 e. The van der Waals surface area contributed by atoms with Crippen LogP contribution >= 0.6 is 0 Å². The molecule has 1 amide bonds.